The highest BCUT2D eigenvalue weighted by Crippen LogP contribution is 2.18. The molecular weight excluding hydrogens is 262 g/mol. The molecule has 2 N–H and O–H groups in total. The van der Waals surface area contributed by atoms with Crippen molar-refractivity contribution in [3.05, 3.63) is 30.3 Å². The predicted molar refractivity (Wildman–Crippen MR) is 76.2 cm³/mol. The zero-order valence-electron chi connectivity index (χ0n) is 11.2. The fourth-order valence-corrected chi connectivity index (χ4v) is 2.13. The van der Waals surface area contributed by atoms with Gasteiger partial charge in [-0.1, -0.05) is 18.2 Å². The minimum absolute atomic E-state index is 0.113. The van der Waals surface area contributed by atoms with Crippen LogP contribution >= 0.6 is 11.8 Å². The molecule has 0 unspecified atom stereocenters. The molecule has 1 aromatic carbocycles. The number of carboxylic acid groups (broad SMARTS) is 1. The largest absolute Gasteiger partial charge is 0.481 e. The molecule has 0 atom stereocenters. The first kappa shape index (κ1) is 15.6. The second-order valence-corrected chi connectivity index (χ2v) is 6.05. The summed E-state index contributed by atoms with van der Waals surface area (Å²) in [6.07, 6.45) is 0.384. The molecule has 5 heteroatoms. The average molecular weight is 281 g/mol. The lowest BCUT2D eigenvalue weighted by molar-refractivity contribution is -0.146. The van der Waals surface area contributed by atoms with Gasteiger partial charge in [0.1, 0.15) is 0 Å². The van der Waals surface area contributed by atoms with Gasteiger partial charge in [-0.3, -0.25) is 9.59 Å². The summed E-state index contributed by atoms with van der Waals surface area (Å²) >= 11 is 1.61. The summed E-state index contributed by atoms with van der Waals surface area (Å²) in [6.45, 7) is 3.33. The summed E-state index contributed by atoms with van der Waals surface area (Å²) in [5.41, 5.74) is -0.928. The van der Waals surface area contributed by atoms with Crippen molar-refractivity contribution in [2.24, 2.45) is 5.41 Å². The maximum absolute atomic E-state index is 11.6. The zero-order valence-corrected chi connectivity index (χ0v) is 12.0. The van der Waals surface area contributed by atoms with Crippen molar-refractivity contribution in [1.29, 1.82) is 0 Å². The van der Waals surface area contributed by atoms with E-state index in [-0.39, 0.29) is 12.5 Å². The van der Waals surface area contributed by atoms with E-state index < -0.39 is 11.4 Å². The van der Waals surface area contributed by atoms with Gasteiger partial charge in [0, 0.05) is 23.6 Å². The van der Waals surface area contributed by atoms with Gasteiger partial charge in [-0.15, -0.1) is 11.8 Å². The summed E-state index contributed by atoms with van der Waals surface area (Å²) in [5, 5.41) is 11.6. The Kier molecular flexibility index (Phi) is 5.89. The van der Waals surface area contributed by atoms with Crippen molar-refractivity contribution in [2.45, 2.75) is 25.2 Å². The van der Waals surface area contributed by atoms with E-state index in [1.54, 1.807) is 25.6 Å². The Labute approximate surface area is 117 Å². The second kappa shape index (κ2) is 7.19. The molecule has 0 saturated heterocycles. The number of benzene rings is 1. The van der Waals surface area contributed by atoms with Crippen molar-refractivity contribution >= 4 is 23.6 Å². The highest BCUT2D eigenvalue weighted by Gasteiger charge is 2.27. The van der Waals surface area contributed by atoms with Crippen LogP contribution in [0.15, 0.2) is 35.2 Å². The van der Waals surface area contributed by atoms with Crippen molar-refractivity contribution < 1.29 is 14.7 Å². The Morgan fingerprint density at radius 2 is 1.89 bits per heavy atom. The third-order valence-electron chi connectivity index (χ3n) is 2.65. The number of carboxylic acids is 1. The minimum atomic E-state index is -0.928. The molecule has 0 spiro atoms. The Morgan fingerprint density at radius 1 is 1.26 bits per heavy atom. The zero-order chi connectivity index (χ0) is 14.3. The standard InChI is InChI=1S/C14H19NO3S/c1-14(2,13(17)18)10-15-12(16)8-9-19-11-6-4-3-5-7-11/h3-7H,8-10H2,1-2H3,(H,15,16)(H,17,18). The quantitative estimate of drug-likeness (QED) is 0.753. The Hall–Kier alpha value is -1.49. The van der Waals surface area contributed by atoms with Gasteiger partial charge < -0.3 is 10.4 Å². The molecule has 1 aromatic rings. The van der Waals surface area contributed by atoms with E-state index in [0.717, 1.165) is 4.90 Å². The Bertz CT molecular complexity index is 432. The van der Waals surface area contributed by atoms with Crippen molar-refractivity contribution in [2.75, 3.05) is 12.3 Å². The highest BCUT2D eigenvalue weighted by molar-refractivity contribution is 7.99. The predicted octanol–water partition coefficient (Wildman–Crippen LogP) is 2.40. The van der Waals surface area contributed by atoms with Gasteiger partial charge in [-0.25, -0.2) is 0 Å². The summed E-state index contributed by atoms with van der Waals surface area (Å²) in [7, 11) is 0. The first-order valence-electron chi connectivity index (χ1n) is 6.10. The first-order chi connectivity index (χ1) is 8.92. The van der Waals surface area contributed by atoms with Crippen LogP contribution in [0.2, 0.25) is 0 Å². The van der Waals surface area contributed by atoms with Gasteiger partial charge in [0.15, 0.2) is 0 Å². The molecule has 0 bridgehead atoms. The average Bonchev–Trinajstić information content (AvgIpc) is 2.37. The number of hydrogen-bond donors (Lipinski definition) is 2. The topological polar surface area (TPSA) is 66.4 Å². The summed E-state index contributed by atoms with van der Waals surface area (Å²) in [4.78, 5) is 23.6. The lowest BCUT2D eigenvalue weighted by Gasteiger charge is -2.19. The van der Waals surface area contributed by atoms with E-state index in [2.05, 4.69) is 5.32 Å². The van der Waals surface area contributed by atoms with Crippen LogP contribution in [-0.4, -0.2) is 29.3 Å². The van der Waals surface area contributed by atoms with Crippen LogP contribution in [0.1, 0.15) is 20.3 Å². The van der Waals surface area contributed by atoms with E-state index in [1.807, 2.05) is 30.3 Å². The van der Waals surface area contributed by atoms with Gasteiger partial charge >= 0.3 is 5.97 Å². The summed E-state index contributed by atoms with van der Waals surface area (Å²) < 4.78 is 0. The number of carbonyl (C=O) groups excluding carboxylic acids is 1. The highest BCUT2D eigenvalue weighted by atomic mass is 32.2. The molecule has 1 rings (SSSR count). The van der Waals surface area contributed by atoms with Crippen LogP contribution in [0.3, 0.4) is 0 Å². The molecule has 0 saturated carbocycles. The van der Waals surface area contributed by atoms with Gasteiger partial charge in [-0.2, -0.15) is 0 Å². The van der Waals surface area contributed by atoms with E-state index in [1.165, 1.54) is 0 Å². The molecule has 0 aromatic heterocycles. The molecular formula is C14H19NO3S. The van der Waals surface area contributed by atoms with Crippen LogP contribution in [0, 0.1) is 5.41 Å². The number of aliphatic carboxylic acids is 1. The molecule has 0 aliphatic carbocycles. The van der Waals surface area contributed by atoms with Gasteiger partial charge in [0.2, 0.25) is 5.91 Å². The fourth-order valence-electron chi connectivity index (χ4n) is 1.26. The van der Waals surface area contributed by atoms with Crippen molar-refractivity contribution in [3.63, 3.8) is 0 Å². The van der Waals surface area contributed by atoms with Gasteiger partial charge in [0.25, 0.3) is 0 Å². The van der Waals surface area contributed by atoms with E-state index in [4.69, 9.17) is 5.11 Å². The third kappa shape index (κ3) is 5.79. The van der Waals surface area contributed by atoms with Gasteiger partial charge in [0.05, 0.1) is 5.41 Å². The first-order valence-corrected chi connectivity index (χ1v) is 7.08. The lowest BCUT2D eigenvalue weighted by Crippen LogP contribution is -2.38. The number of rotatable bonds is 7. The summed E-state index contributed by atoms with van der Waals surface area (Å²) in [5.74, 6) is -0.340. The van der Waals surface area contributed by atoms with Crippen LogP contribution in [0.5, 0.6) is 0 Å². The molecule has 19 heavy (non-hydrogen) atoms. The Morgan fingerprint density at radius 3 is 2.47 bits per heavy atom. The third-order valence-corrected chi connectivity index (χ3v) is 3.66. The Balaban J connectivity index is 2.24. The van der Waals surface area contributed by atoms with Crippen molar-refractivity contribution in [1.82, 2.24) is 5.32 Å². The lowest BCUT2D eigenvalue weighted by atomic mass is 9.94. The van der Waals surface area contributed by atoms with Crippen LogP contribution in [-0.2, 0) is 9.59 Å². The fraction of sp³-hybridized carbons (Fsp3) is 0.429. The molecule has 104 valence electrons. The van der Waals surface area contributed by atoms with E-state index in [0.29, 0.717) is 12.2 Å². The monoisotopic (exact) mass is 281 g/mol. The molecule has 1 amide bonds. The normalized spacial score (nSPS) is 11.1. The molecule has 0 radical (unpaired) electrons. The van der Waals surface area contributed by atoms with Gasteiger partial charge in [-0.05, 0) is 26.0 Å². The minimum Gasteiger partial charge on any atom is -0.481 e. The molecule has 0 aliphatic rings. The molecule has 0 aliphatic heterocycles. The number of nitrogens with one attached hydrogen (secondary N) is 1. The number of amides is 1. The SMILES string of the molecule is CC(C)(CNC(=O)CCSc1ccccc1)C(=O)O. The summed E-state index contributed by atoms with van der Waals surface area (Å²) in [6, 6.07) is 9.85. The molecule has 0 fully saturated rings. The number of thioether (sulfide) groups is 1. The maximum atomic E-state index is 11.6. The van der Waals surface area contributed by atoms with E-state index in [9.17, 15) is 9.59 Å². The second-order valence-electron chi connectivity index (χ2n) is 4.88. The number of hydrogen-bond acceptors (Lipinski definition) is 3. The smallest absolute Gasteiger partial charge is 0.310 e. The van der Waals surface area contributed by atoms with E-state index >= 15 is 0 Å². The maximum Gasteiger partial charge on any atom is 0.310 e. The van der Waals surface area contributed by atoms with Crippen LogP contribution in [0.25, 0.3) is 0 Å². The number of carbonyl (C=O) groups is 2. The molecule has 4 nitrogen and oxygen atoms in total. The van der Waals surface area contributed by atoms with Crippen LogP contribution < -0.4 is 5.32 Å². The molecule has 0 heterocycles. The van der Waals surface area contributed by atoms with Crippen LogP contribution in [0.4, 0.5) is 0 Å². The van der Waals surface area contributed by atoms with Crippen molar-refractivity contribution in [3.8, 4) is 0 Å².